The zero-order valence-electron chi connectivity index (χ0n) is 18.7. The van der Waals surface area contributed by atoms with Crippen LogP contribution in [0.15, 0.2) is 35.4 Å². The normalized spacial score (nSPS) is 17.6. The van der Waals surface area contributed by atoms with E-state index in [2.05, 4.69) is 10.3 Å². The van der Waals surface area contributed by atoms with Crippen LogP contribution in [0.1, 0.15) is 34.8 Å². The van der Waals surface area contributed by atoms with Crippen molar-refractivity contribution in [2.45, 2.75) is 25.8 Å². The molecule has 2 amide bonds. The molecule has 1 aliphatic rings. The first-order valence-corrected chi connectivity index (χ1v) is 11.3. The number of thiazole rings is 1. The van der Waals surface area contributed by atoms with E-state index in [0.717, 1.165) is 23.5 Å². The van der Waals surface area contributed by atoms with E-state index in [-0.39, 0.29) is 40.7 Å². The van der Waals surface area contributed by atoms with Crippen LogP contribution in [0, 0.1) is 11.6 Å². The fraction of sp³-hybridized carbons (Fsp3) is 0.304. The number of amides is 2. The van der Waals surface area contributed by atoms with E-state index in [0.29, 0.717) is 11.4 Å². The number of aromatic nitrogens is 2. The third-order valence-corrected chi connectivity index (χ3v) is 6.83. The average Bonchev–Trinajstić information content (AvgIpc) is 3.24. The van der Waals surface area contributed by atoms with Crippen molar-refractivity contribution in [2.24, 2.45) is 0 Å². The molecule has 0 saturated carbocycles. The van der Waals surface area contributed by atoms with Gasteiger partial charge in [0.25, 0.3) is 5.91 Å². The number of aromatic hydroxyl groups is 1. The Balaban J connectivity index is 1.81. The maximum absolute atomic E-state index is 14.0. The molecule has 0 saturated heterocycles. The first-order valence-electron chi connectivity index (χ1n) is 10.5. The average molecular weight is 489 g/mol. The fourth-order valence-electron chi connectivity index (χ4n) is 4.04. The Bertz CT molecular complexity index is 1370. The van der Waals surface area contributed by atoms with Crippen molar-refractivity contribution in [3.63, 3.8) is 0 Å². The molecule has 11 heteroatoms. The SMILES string of the molecule is CCNC(=O)C1(C)CN(C)C(=O)c2c(O)c(=O)c(-c3ncc(Cc4ccc(F)cc4F)s3)cn21. The van der Waals surface area contributed by atoms with Crippen LogP contribution in [-0.4, -0.2) is 51.5 Å². The summed E-state index contributed by atoms with van der Waals surface area (Å²) in [4.78, 5) is 44.8. The van der Waals surface area contributed by atoms with E-state index in [1.165, 1.54) is 35.0 Å². The molecule has 4 rings (SSSR count). The molecule has 34 heavy (non-hydrogen) atoms. The number of carbonyl (C=O) groups excluding carboxylic acids is 2. The predicted octanol–water partition coefficient (Wildman–Crippen LogP) is 2.48. The van der Waals surface area contributed by atoms with E-state index in [4.69, 9.17) is 0 Å². The van der Waals surface area contributed by atoms with E-state index >= 15 is 0 Å². The molecule has 0 radical (unpaired) electrons. The van der Waals surface area contributed by atoms with Gasteiger partial charge < -0.3 is 19.9 Å². The summed E-state index contributed by atoms with van der Waals surface area (Å²) >= 11 is 1.10. The summed E-state index contributed by atoms with van der Waals surface area (Å²) in [6.45, 7) is 3.76. The molecule has 1 atom stereocenters. The maximum Gasteiger partial charge on any atom is 0.274 e. The van der Waals surface area contributed by atoms with Gasteiger partial charge in [-0.2, -0.15) is 0 Å². The van der Waals surface area contributed by atoms with Crippen LogP contribution in [0.3, 0.4) is 0 Å². The Labute approximate surface area is 197 Å². The van der Waals surface area contributed by atoms with Crippen LogP contribution in [0.5, 0.6) is 5.75 Å². The summed E-state index contributed by atoms with van der Waals surface area (Å²) in [5, 5.41) is 13.7. The quantitative estimate of drug-likeness (QED) is 0.574. The number of carbonyl (C=O) groups is 2. The second-order valence-corrected chi connectivity index (χ2v) is 9.39. The highest BCUT2D eigenvalue weighted by atomic mass is 32.1. The van der Waals surface area contributed by atoms with Gasteiger partial charge in [-0.05, 0) is 25.5 Å². The molecular weight excluding hydrogens is 466 g/mol. The number of nitrogens with zero attached hydrogens (tertiary/aromatic N) is 3. The molecule has 1 aliphatic heterocycles. The van der Waals surface area contributed by atoms with Crippen LogP contribution in [0.25, 0.3) is 10.6 Å². The Kier molecular flexibility index (Phi) is 5.98. The zero-order valence-corrected chi connectivity index (χ0v) is 19.5. The second kappa shape index (κ2) is 8.64. The van der Waals surface area contributed by atoms with Gasteiger partial charge in [-0.25, -0.2) is 13.8 Å². The number of likely N-dealkylation sites (N-methyl/N-ethyl adjacent to an activating group) is 2. The largest absolute Gasteiger partial charge is 0.503 e. The number of hydrogen-bond donors (Lipinski definition) is 2. The van der Waals surface area contributed by atoms with Crippen molar-refractivity contribution in [3.05, 3.63) is 68.6 Å². The third kappa shape index (κ3) is 3.85. The molecule has 0 bridgehead atoms. The smallest absolute Gasteiger partial charge is 0.274 e. The van der Waals surface area contributed by atoms with Crippen LogP contribution < -0.4 is 10.7 Å². The van der Waals surface area contributed by atoms with Crippen molar-refractivity contribution in [1.29, 1.82) is 0 Å². The predicted molar refractivity (Wildman–Crippen MR) is 122 cm³/mol. The van der Waals surface area contributed by atoms with Gasteiger partial charge in [-0.3, -0.25) is 14.4 Å². The van der Waals surface area contributed by atoms with Gasteiger partial charge in [0.1, 0.15) is 22.2 Å². The highest BCUT2D eigenvalue weighted by molar-refractivity contribution is 7.15. The molecule has 2 aromatic heterocycles. The lowest BCUT2D eigenvalue weighted by molar-refractivity contribution is -0.130. The molecule has 1 unspecified atom stereocenters. The molecule has 0 aliphatic carbocycles. The lowest BCUT2D eigenvalue weighted by Gasteiger charge is -2.41. The summed E-state index contributed by atoms with van der Waals surface area (Å²) in [6, 6.07) is 3.29. The number of hydrogen-bond acceptors (Lipinski definition) is 6. The standard InChI is InChI=1S/C23H22F2N4O4S/c1-4-26-22(33)23(2)11-28(3)21(32)17-19(31)18(30)15(10-29(17)23)20-27-9-14(34-20)7-12-5-6-13(24)8-16(12)25/h5-6,8-10,31H,4,7,11H2,1-3H3,(H,26,33). The van der Waals surface area contributed by atoms with E-state index < -0.39 is 34.3 Å². The lowest BCUT2D eigenvalue weighted by atomic mass is 9.94. The van der Waals surface area contributed by atoms with Crippen molar-refractivity contribution in [2.75, 3.05) is 20.1 Å². The Morgan fingerprint density at radius 2 is 2.06 bits per heavy atom. The van der Waals surface area contributed by atoms with Crippen molar-refractivity contribution >= 4 is 23.2 Å². The van der Waals surface area contributed by atoms with Gasteiger partial charge >= 0.3 is 0 Å². The topological polar surface area (TPSA) is 105 Å². The summed E-state index contributed by atoms with van der Waals surface area (Å²) in [7, 11) is 1.49. The van der Waals surface area contributed by atoms with Crippen molar-refractivity contribution < 1.29 is 23.5 Å². The van der Waals surface area contributed by atoms with Crippen LogP contribution in [-0.2, 0) is 16.8 Å². The molecule has 178 valence electrons. The summed E-state index contributed by atoms with van der Waals surface area (Å²) < 4.78 is 28.6. The van der Waals surface area contributed by atoms with Gasteiger partial charge in [0.05, 0.1) is 12.1 Å². The Morgan fingerprint density at radius 3 is 2.74 bits per heavy atom. The number of pyridine rings is 1. The number of halogens is 2. The highest BCUT2D eigenvalue weighted by Gasteiger charge is 2.45. The van der Waals surface area contributed by atoms with Gasteiger partial charge in [0.2, 0.25) is 11.3 Å². The van der Waals surface area contributed by atoms with Gasteiger partial charge in [-0.15, -0.1) is 11.3 Å². The summed E-state index contributed by atoms with van der Waals surface area (Å²) in [6.07, 6.45) is 2.95. The molecule has 3 heterocycles. The molecule has 3 aromatic rings. The van der Waals surface area contributed by atoms with Crippen LogP contribution >= 0.6 is 11.3 Å². The van der Waals surface area contributed by atoms with Crippen molar-refractivity contribution in [3.8, 4) is 16.3 Å². The van der Waals surface area contributed by atoms with Gasteiger partial charge in [-0.1, -0.05) is 6.07 Å². The summed E-state index contributed by atoms with van der Waals surface area (Å²) in [5.41, 5.74) is -2.10. The van der Waals surface area contributed by atoms with Crippen LogP contribution in [0.4, 0.5) is 8.78 Å². The Hall–Kier alpha value is -3.60. The second-order valence-electron chi connectivity index (χ2n) is 8.28. The minimum Gasteiger partial charge on any atom is -0.503 e. The van der Waals surface area contributed by atoms with Crippen molar-refractivity contribution in [1.82, 2.24) is 19.8 Å². The molecule has 0 fully saturated rings. The van der Waals surface area contributed by atoms with E-state index in [9.17, 15) is 28.3 Å². The van der Waals surface area contributed by atoms with E-state index in [1.54, 1.807) is 13.8 Å². The minimum absolute atomic E-state index is 0.00459. The number of benzene rings is 1. The number of nitrogens with one attached hydrogen (secondary N) is 1. The molecular formula is C23H22F2N4O4S. The molecule has 8 nitrogen and oxygen atoms in total. The van der Waals surface area contributed by atoms with Gasteiger partial charge in [0.15, 0.2) is 11.4 Å². The first kappa shape index (κ1) is 23.6. The molecule has 1 aromatic carbocycles. The first-order chi connectivity index (χ1) is 16.1. The zero-order chi connectivity index (χ0) is 24.8. The van der Waals surface area contributed by atoms with E-state index in [1.807, 2.05) is 0 Å². The third-order valence-electron chi connectivity index (χ3n) is 5.80. The minimum atomic E-state index is -1.29. The number of fused-ring (bicyclic) bond motifs is 1. The molecule has 0 spiro atoms. The Morgan fingerprint density at radius 1 is 1.32 bits per heavy atom. The highest BCUT2D eigenvalue weighted by Crippen LogP contribution is 2.34. The maximum atomic E-state index is 14.0. The summed E-state index contributed by atoms with van der Waals surface area (Å²) in [5.74, 6) is -3.11. The van der Waals surface area contributed by atoms with Crippen LogP contribution in [0.2, 0.25) is 0 Å². The lowest BCUT2D eigenvalue weighted by Crippen LogP contribution is -2.59. The van der Waals surface area contributed by atoms with Gasteiger partial charge in [0, 0.05) is 43.4 Å². The number of rotatable bonds is 5. The fourth-order valence-corrected chi connectivity index (χ4v) is 4.98. The monoisotopic (exact) mass is 488 g/mol. The molecule has 2 N–H and O–H groups in total.